The van der Waals surface area contributed by atoms with E-state index in [1.807, 2.05) is 0 Å². The Morgan fingerprint density at radius 2 is 2.09 bits per heavy atom. The zero-order chi connectivity index (χ0) is 8.01. The molecule has 1 heterocycles. The van der Waals surface area contributed by atoms with Crippen LogP contribution in [-0.2, 0) is 0 Å². The first-order valence-corrected chi connectivity index (χ1v) is 4.70. The van der Waals surface area contributed by atoms with Crippen LogP contribution >= 0.6 is 0 Å². The summed E-state index contributed by atoms with van der Waals surface area (Å²) in [6, 6.07) is 2.04. The molecule has 1 aliphatic carbocycles. The van der Waals surface area contributed by atoms with E-state index in [9.17, 15) is 0 Å². The van der Waals surface area contributed by atoms with Crippen molar-refractivity contribution in [2.45, 2.75) is 44.8 Å². The third-order valence-electron chi connectivity index (χ3n) is 3.30. The molecule has 64 valence electrons. The minimum absolute atomic E-state index is 0.509. The first-order chi connectivity index (χ1) is 5.18. The maximum absolute atomic E-state index is 5.96. The maximum Gasteiger partial charge on any atom is 0.0117 e. The Hall–Kier alpha value is -0.0800. The van der Waals surface area contributed by atoms with Crippen molar-refractivity contribution in [3.8, 4) is 0 Å². The minimum atomic E-state index is 0.509. The van der Waals surface area contributed by atoms with Gasteiger partial charge in [-0.3, -0.25) is 4.90 Å². The monoisotopic (exact) mass is 154 g/mol. The second kappa shape index (κ2) is 2.46. The Kier molecular flexibility index (Phi) is 1.69. The van der Waals surface area contributed by atoms with Crippen LogP contribution in [0.5, 0.6) is 0 Å². The molecule has 1 saturated carbocycles. The summed E-state index contributed by atoms with van der Waals surface area (Å²) in [7, 11) is 0. The third-order valence-corrected chi connectivity index (χ3v) is 3.30. The normalized spacial score (nSPS) is 44.2. The quantitative estimate of drug-likeness (QED) is 0.606. The van der Waals surface area contributed by atoms with E-state index in [0.29, 0.717) is 6.04 Å². The van der Waals surface area contributed by atoms with Gasteiger partial charge in [-0.25, -0.2) is 0 Å². The summed E-state index contributed by atoms with van der Waals surface area (Å²) in [5.74, 6) is 0.808. The zero-order valence-electron chi connectivity index (χ0n) is 7.46. The molecule has 0 aromatic heterocycles. The van der Waals surface area contributed by atoms with E-state index < -0.39 is 0 Å². The number of piperidine rings is 1. The van der Waals surface area contributed by atoms with Crippen LogP contribution in [0.15, 0.2) is 0 Å². The van der Waals surface area contributed by atoms with Gasteiger partial charge >= 0.3 is 0 Å². The van der Waals surface area contributed by atoms with Crippen molar-refractivity contribution in [1.29, 1.82) is 0 Å². The maximum atomic E-state index is 5.96. The first kappa shape index (κ1) is 7.56. The van der Waals surface area contributed by atoms with Crippen molar-refractivity contribution in [3.63, 3.8) is 0 Å². The Bertz CT molecular complexity index is 154. The van der Waals surface area contributed by atoms with Crippen LogP contribution in [0.4, 0.5) is 0 Å². The van der Waals surface area contributed by atoms with Gasteiger partial charge in [0.2, 0.25) is 0 Å². The fraction of sp³-hybridized carbons (Fsp3) is 1.00. The summed E-state index contributed by atoms with van der Waals surface area (Å²) in [4.78, 5) is 2.61. The molecule has 3 atom stereocenters. The highest BCUT2D eigenvalue weighted by Crippen LogP contribution is 2.37. The second-order valence-corrected chi connectivity index (χ2v) is 4.34. The number of likely N-dealkylation sites (tertiary alicyclic amines) is 1. The fourth-order valence-corrected chi connectivity index (χ4v) is 2.66. The molecular weight excluding hydrogens is 136 g/mol. The predicted octanol–water partition coefficient (Wildman–Crippen LogP) is 0.816. The van der Waals surface area contributed by atoms with E-state index in [2.05, 4.69) is 18.7 Å². The van der Waals surface area contributed by atoms with Crippen LogP contribution in [-0.4, -0.2) is 29.6 Å². The van der Waals surface area contributed by atoms with Gasteiger partial charge in [0.15, 0.2) is 0 Å². The first-order valence-electron chi connectivity index (χ1n) is 4.70. The summed E-state index contributed by atoms with van der Waals surface area (Å²) in [6.45, 7) is 5.82. The van der Waals surface area contributed by atoms with Crippen molar-refractivity contribution in [3.05, 3.63) is 0 Å². The molecule has 2 heteroatoms. The van der Waals surface area contributed by atoms with E-state index in [4.69, 9.17) is 5.73 Å². The van der Waals surface area contributed by atoms with E-state index in [-0.39, 0.29) is 0 Å². The molecule has 0 spiro atoms. The molecule has 1 saturated heterocycles. The van der Waals surface area contributed by atoms with Crippen LogP contribution < -0.4 is 5.73 Å². The number of rotatable bonds is 1. The number of nitrogens with two attached hydrogens (primary N) is 1. The lowest BCUT2D eigenvalue weighted by Gasteiger charge is -2.32. The molecule has 2 nitrogen and oxygen atoms in total. The fourth-order valence-electron chi connectivity index (χ4n) is 2.66. The van der Waals surface area contributed by atoms with Gasteiger partial charge in [-0.1, -0.05) is 0 Å². The molecule has 2 aliphatic rings. The van der Waals surface area contributed by atoms with Crippen molar-refractivity contribution in [2.75, 3.05) is 6.54 Å². The summed E-state index contributed by atoms with van der Waals surface area (Å²) >= 11 is 0. The number of nitrogens with zero attached hydrogens (tertiary/aromatic N) is 1. The van der Waals surface area contributed by atoms with E-state index in [1.165, 1.54) is 19.4 Å². The zero-order valence-corrected chi connectivity index (χ0v) is 7.46. The highest BCUT2D eigenvalue weighted by molar-refractivity contribution is 5.00. The highest BCUT2D eigenvalue weighted by atomic mass is 15.2. The van der Waals surface area contributed by atoms with Crippen LogP contribution in [0.2, 0.25) is 0 Å². The molecule has 2 rings (SSSR count). The molecule has 2 fully saturated rings. The molecule has 1 aliphatic heterocycles. The minimum Gasteiger partial charge on any atom is -0.327 e. The van der Waals surface area contributed by atoms with Crippen LogP contribution in [0, 0.1) is 5.92 Å². The largest absolute Gasteiger partial charge is 0.327 e. The highest BCUT2D eigenvalue weighted by Gasteiger charge is 2.43. The predicted molar refractivity (Wildman–Crippen MR) is 46.3 cm³/mol. The lowest BCUT2D eigenvalue weighted by Crippen LogP contribution is -2.44. The molecule has 0 aromatic rings. The Morgan fingerprint density at radius 3 is 2.45 bits per heavy atom. The molecule has 11 heavy (non-hydrogen) atoms. The lowest BCUT2D eigenvalue weighted by atomic mass is 10.0. The van der Waals surface area contributed by atoms with Gasteiger partial charge in [0.25, 0.3) is 0 Å². The van der Waals surface area contributed by atoms with Gasteiger partial charge in [0, 0.05) is 24.7 Å². The van der Waals surface area contributed by atoms with Crippen LogP contribution in [0.3, 0.4) is 0 Å². The molecule has 2 bridgehead atoms. The average molecular weight is 154 g/mol. The number of hydrogen-bond acceptors (Lipinski definition) is 2. The van der Waals surface area contributed by atoms with Gasteiger partial charge in [0.05, 0.1) is 0 Å². The summed E-state index contributed by atoms with van der Waals surface area (Å²) in [5, 5.41) is 0. The SMILES string of the molecule is CC(C)N1C[C@@H]2C[C@H]1CC2N. The number of hydrogen-bond donors (Lipinski definition) is 1. The lowest BCUT2D eigenvalue weighted by molar-refractivity contribution is 0.160. The molecular formula is C9H18N2. The van der Waals surface area contributed by atoms with Gasteiger partial charge in [0.1, 0.15) is 0 Å². The molecule has 1 unspecified atom stereocenters. The Balaban J connectivity index is 2.02. The Labute approximate surface area is 68.7 Å². The number of fused-ring (bicyclic) bond motifs is 2. The Morgan fingerprint density at radius 1 is 1.36 bits per heavy atom. The van der Waals surface area contributed by atoms with E-state index >= 15 is 0 Å². The molecule has 0 aromatic carbocycles. The van der Waals surface area contributed by atoms with Crippen LogP contribution in [0.1, 0.15) is 26.7 Å². The molecule has 2 N–H and O–H groups in total. The van der Waals surface area contributed by atoms with Gasteiger partial charge in [-0.05, 0) is 32.6 Å². The van der Waals surface area contributed by atoms with Gasteiger partial charge in [-0.15, -0.1) is 0 Å². The average Bonchev–Trinajstić information content (AvgIpc) is 2.43. The summed E-state index contributed by atoms with van der Waals surface area (Å²) in [5.41, 5.74) is 5.96. The standard InChI is InChI=1S/C9H18N2/c1-6(2)11-5-7-3-8(11)4-9(7)10/h6-9H,3-5,10H2,1-2H3/t7-,8-,9?/m0/s1. The smallest absolute Gasteiger partial charge is 0.0117 e. The van der Waals surface area contributed by atoms with Crippen molar-refractivity contribution in [2.24, 2.45) is 11.7 Å². The van der Waals surface area contributed by atoms with Crippen LogP contribution in [0.25, 0.3) is 0 Å². The van der Waals surface area contributed by atoms with Crippen molar-refractivity contribution < 1.29 is 0 Å². The van der Waals surface area contributed by atoms with E-state index in [0.717, 1.165) is 18.0 Å². The van der Waals surface area contributed by atoms with Crippen molar-refractivity contribution >= 4 is 0 Å². The van der Waals surface area contributed by atoms with Gasteiger partial charge in [-0.2, -0.15) is 0 Å². The summed E-state index contributed by atoms with van der Waals surface area (Å²) in [6.07, 6.45) is 2.60. The molecule has 0 amide bonds. The van der Waals surface area contributed by atoms with Crippen molar-refractivity contribution in [1.82, 2.24) is 4.90 Å². The topological polar surface area (TPSA) is 29.3 Å². The second-order valence-electron chi connectivity index (χ2n) is 4.34. The third kappa shape index (κ3) is 1.09. The van der Waals surface area contributed by atoms with E-state index in [1.54, 1.807) is 0 Å². The molecule has 0 radical (unpaired) electrons. The summed E-state index contributed by atoms with van der Waals surface area (Å²) < 4.78 is 0. The van der Waals surface area contributed by atoms with Gasteiger partial charge < -0.3 is 5.73 Å².